The third kappa shape index (κ3) is 3.98. The number of carbonyl (C=O) groups is 1. The maximum Gasteiger partial charge on any atom is 0.317 e. The zero-order valence-electron chi connectivity index (χ0n) is 15.8. The Morgan fingerprint density at radius 3 is 2.17 bits per heavy atom. The van der Waals surface area contributed by atoms with Crippen LogP contribution in [0.5, 0.6) is 0 Å². The van der Waals surface area contributed by atoms with Crippen molar-refractivity contribution in [1.82, 2.24) is 15.2 Å². The molecule has 0 aliphatic rings. The van der Waals surface area contributed by atoms with Crippen LogP contribution in [-0.4, -0.2) is 23.0 Å². The number of aromatic nitrogens is 1. The van der Waals surface area contributed by atoms with E-state index in [4.69, 9.17) is 0 Å². The number of hydrogen-bond acceptors (Lipinski definition) is 2. The van der Waals surface area contributed by atoms with Crippen LogP contribution in [0.4, 0.5) is 26.7 Å². The van der Waals surface area contributed by atoms with Crippen LogP contribution >= 0.6 is 0 Å². The number of nitrogens with one attached hydrogen (secondary N) is 2. The molecule has 3 rings (SSSR count). The van der Waals surface area contributed by atoms with Crippen molar-refractivity contribution >= 4 is 16.8 Å². The fourth-order valence-corrected chi connectivity index (χ4v) is 3.01. The van der Waals surface area contributed by atoms with Gasteiger partial charge in [0.2, 0.25) is 0 Å². The predicted molar refractivity (Wildman–Crippen MR) is 99.2 cm³/mol. The van der Waals surface area contributed by atoms with Crippen LogP contribution in [0.25, 0.3) is 10.8 Å². The number of rotatable bonds is 4. The number of nitrogens with zero attached hydrogens (tertiary/aromatic N) is 1. The third-order valence-electron chi connectivity index (χ3n) is 4.81. The molecule has 2 amide bonds. The summed E-state index contributed by atoms with van der Waals surface area (Å²) in [6, 6.07) is 1.81. The van der Waals surface area contributed by atoms with Crippen molar-refractivity contribution in [3.63, 3.8) is 0 Å². The van der Waals surface area contributed by atoms with Crippen molar-refractivity contribution in [2.75, 3.05) is 7.05 Å². The van der Waals surface area contributed by atoms with Crippen LogP contribution in [0.15, 0.2) is 35.3 Å². The highest BCUT2D eigenvalue weighted by Gasteiger charge is 2.21. The molecule has 10 heteroatoms. The Morgan fingerprint density at radius 2 is 1.57 bits per heavy atom. The summed E-state index contributed by atoms with van der Waals surface area (Å²) in [5, 5.41) is 2.48. The lowest BCUT2D eigenvalue weighted by Crippen LogP contribution is -2.38. The highest BCUT2D eigenvalue weighted by atomic mass is 19.2. The van der Waals surface area contributed by atoms with Gasteiger partial charge in [-0.2, -0.15) is 0 Å². The van der Waals surface area contributed by atoms with E-state index in [9.17, 15) is 31.5 Å². The first kappa shape index (κ1) is 21.3. The van der Waals surface area contributed by atoms with Crippen LogP contribution in [0.3, 0.4) is 0 Å². The van der Waals surface area contributed by atoms with E-state index in [0.717, 1.165) is 24.3 Å². The smallest absolute Gasteiger partial charge is 0.317 e. The zero-order chi connectivity index (χ0) is 22.2. The Hall–Kier alpha value is -3.43. The molecule has 30 heavy (non-hydrogen) atoms. The number of benzene rings is 2. The minimum atomic E-state index is -1.61. The number of amides is 2. The molecule has 0 saturated carbocycles. The molecule has 0 saturated heterocycles. The van der Waals surface area contributed by atoms with Crippen LogP contribution in [-0.2, 0) is 6.54 Å². The first-order chi connectivity index (χ1) is 14.1. The molecule has 2 N–H and O–H groups in total. The maximum atomic E-state index is 13.7. The van der Waals surface area contributed by atoms with Crippen molar-refractivity contribution in [1.29, 1.82) is 0 Å². The van der Waals surface area contributed by atoms with Crippen LogP contribution in [0.2, 0.25) is 0 Å². The van der Waals surface area contributed by atoms with Gasteiger partial charge in [0.25, 0.3) is 5.56 Å². The number of hydrogen-bond donors (Lipinski definition) is 2. The third-order valence-corrected chi connectivity index (χ3v) is 4.81. The van der Waals surface area contributed by atoms with Gasteiger partial charge in [0.1, 0.15) is 0 Å². The lowest BCUT2D eigenvalue weighted by atomic mass is 10.0. The summed E-state index contributed by atoms with van der Waals surface area (Å²) in [7, 11) is 1.41. The maximum absolute atomic E-state index is 13.7. The molecule has 5 nitrogen and oxygen atoms in total. The van der Waals surface area contributed by atoms with E-state index in [1.54, 1.807) is 6.92 Å². The van der Waals surface area contributed by atoms with Gasteiger partial charge < -0.3 is 15.2 Å². The summed E-state index contributed by atoms with van der Waals surface area (Å²) in [6.07, 6.45) is 1.29. The summed E-state index contributed by atoms with van der Waals surface area (Å²) in [5.41, 5.74) is -0.264. The van der Waals surface area contributed by atoms with E-state index < -0.39 is 46.7 Å². The van der Waals surface area contributed by atoms with Crippen molar-refractivity contribution in [2.45, 2.75) is 19.5 Å². The second-order valence-electron chi connectivity index (χ2n) is 6.70. The van der Waals surface area contributed by atoms with Gasteiger partial charge in [-0.3, -0.25) is 4.79 Å². The zero-order valence-corrected chi connectivity index (χ0v) is 15.8. The van der Waals surface area contributed by atoms with E-state index >= 15 is 0 Å². The summed E-state index contributed by atoms with van der Waals surface area (Å²) in [6.45, 7) is 1.31. The van der Waals surface area contributed by atoms with Gasteiger partial charge in [-0.1, -0.05) is 0 Å². The number of pyridine rings is 1. The van der Waals surface area contributed by atoms with Crippen molar-refractivity contribution < 1.29 is 26.7 Å². The molecule has 158 valence electrons. The van der Waals surface area contributed by atoms with E-state index in [0.29, 0.717) is 5.56 Å². The van der Waals surface area contributed by atoms with Gasteiger partial charge in [0, 0.05) is 19.8 Å². The minimum absolute atomic E-state index is 0.00726. The van der Waals surface area contributed by atoms with Gasteiger partial charge in [0.05, 0.1) is 11.4 Å². The minimum Gasteiger partial charge on any atom is -0.334 e. The SMILES string of the molecule is C[C@@H](c1c[nH]c(=O)c2cc(F)c(F)cc12)N(C)C(=O)NCc1cc(F)c(F)c(F)c1. The van der Waals surface area contributed by atoms with Gasteiger partial charge in [-0.25, -0.2) is 26.7 Å². The van der Waals surface area contributed by atoms with Crippen LogP contribution < -0.4 is 10.9 Å². The van der Waals surface area contributed by atoms with Gasteiger partial charge in [-0.15, -0.1) is 0 Å². The van der Waals surface area contributed by atoms with Gasteiger partial charge in [-0.05, 0) is 47.7 Å². The molecule has 0 fully saturated rings. The molecule has 0 aliphatic heterocycles. The number of fused-ring (bicyclic) bond motifs is 1. The topological polar surface area (TPSA) is 65.2 Å². The Kier molecular flexibility index (Phi) is 5.77. The molecule has 0 aliphatic carbocycles. The molecular weight excluding hydrogens is 409 g/mol. The van der Waals surface area contributed by atoms with Crippen molar-refractivity contribution in [3.8, 4) is 0 Å². The predicted octanol–water partition coefficient (Wildman–Crippen LogP) is 4.13. The van der Waals surface area contributed by atoms with Gasteiger partial charge >= 0.3 is 6.03 Å². The summed E-state index contributed by atoms with van der Waals surface area (Å²) in [5.74, 6) is -6.69. The van der Waals surface area contributed by atoms with E-state index in [1.807, 2.05) is 0 Å². The lowest BCUT2D eigenvalue weighted by Gasteiger charge is -2.26. The number of H-pyrrole nitrogens is 1. The summed E-state index contributed by atoms with van der Waals surface area (Å²) in [4.78, 5) is 28.0. The molecule has 0 spiro atoms. The Morgan fingerprint density at radius 1 is 1.00 bits per heavy atom. The molecule has 1 atom stereocenters. The molecule has 1 aromatic heterocycles. The number of halogens is 5. The molecule has 0 radical (unpaired) electrons. The normalized spacial score (nSPS) is 12.1. The largest absolute Gasteiger partial charge is 0.334 e. The fraction of sp³-hybridized carbons (Fsp3) is 0.200. The second kappa shape index (κ2) is 8.13. The highest BCUT2D eigenvalue weighted by molar-refractivity contribution is 5.86. The molecule has 0 bridgehead atoms. The molecular formula is C20H16F5N3O2. The van der Waals surface area contributed by atoms with Crippen molar-refractivity contribution in [3.05, 3.63) is 81.0 Å². The first-order valence-electron chi connectivity index (χ1n) is 8.74. The lowest BCUT2D eigenvalue weighted by molar-refractivity contribution is 0.194. The molecule has 1 heterocycles. The molecule has 0 unspecified atom stereocenters. The van der Waals surface area contributed by atoms with Crippen LogP contribution in [0, 0.1) is 29.1 Å². The average molecular weight is 425 g/mol. The van der Waals surface area contributed by atoms with E-state index in [-0.39, 0.29) is 22.9 Å². The number of urea groups is 1. The Bertz CT molecular complexity index is 1170. The van der Waals surface area contributed by atoms with Crippen molar-refractivity contribution in [2.24, 2.45) is 0 Å². The first-order valence-corrected chi connectivity index (χ1v) is 8.74. The molecule has 2 aromatic carbocycles. The summed E-state index contributed by atoms with van der Waals surface area (Å²) >= 11 is 0. The summed E-state index contributed by atoms with van der Waals surface area (Å²) < 4.78 is 66.8. The highest BCUT2D eigenvalue weighted by Crippen LogP contribution is 2.27. The molecule has 3 aromatic rings. The van der Waals surface area contributed by atoms with E-state index in [1.165, 1.54) is 18.1 Å². The monoisotopic (exact) mass is 425 g/mol. The van der Waals surface area contributed by atoms with Gasteiger partial charge in [0.15, 0.2) is 29.1 Å². The fourth-order valence-electron chi connectivity index (χ4n) is 3.01. The average Bonchev–Trinajstić information content (AvgIpc) is 2.70. The second-order valence-corrected chi connectivity index (χ2v) is 6.70. The Labute approximate surface area is 167 Å². The number of carbonyl (C=O) groups excluding carboxylic acids is 1. The number of aromatic amines is 1. The standard InChI is InChI=1S/C20H16F5N3O2/c1-9(13-8-26-19(29)12-6-15(22)14(21)5-11(12)13)28(2)20(30)27-7-10-3-16(23)18(25)17(24)4-10/h3-6,8-9H,7H2,1-2H3,(H,26,29)(H,27,30)/t9-/m0/s1. The van der Waals surface area contributed by atoms with E-state index in [2.05, 4.69) is 10.3 Å². The van der Waals surface area contributed by atoms with Crippen LogP contribution in [0.1, 0.15) is 24.1 Å². The quantitative estimate of drug-likeness (QED) is 0.488. The Balaban J connectivity index is 1.82.